The molecule has 1 aromatic heterocycles. The van der Waals surface area contributed by atoms with Crippen molar-refractivity contribution in [1.82, 2.24) is 9.88 Å². The molecule has 2 bridgehead atoms. The van der Waals surface area contributed by atoms with Gasteiger partial charge in [-0.1, -0.05) is 30.3 Å². The Labute approximate surface area is 132 Å². The summed E-state index contributed by atoms with van der Waals surface area (Å²) < 4.78 is 11.1. The van der Waals surface area contributed by atoms with E-state index in [1.54, 1.807) is 11.3 Å². The average molecular weight is 316 g/mol. The van der Waals surface area contributed by atoms with Gasteiger partial charge < -0.3 is 9.47 Å². The van der Waals surface area contributed by atoms with Gasteiger partial charge in [-0.15, -0.1) is 11.3 Å². The predicted molar refractivity (Wildman–Crippen MR) is 81.6 cm³/mol. The van der Waals surface area contributed by atoms with Gasteiger partial charge in [0.25, 0.3) is 0 Å². The summed E-state index contributed by atoms with van der Waals surface area (Å²) in [6.45, 7) is 1.37. The van der Waals surface area contributed by atoms with Crippen LogP contribution in [0.3, 0.4) is 0 Å². The van der Waals surface area contributed by atoms with E-state index < -0.39 is 0 Å². The number of carbonyl (C=O) groups is 1. The van der Waals surface area contributed by atoms with Crippen molar-refractivity contribution >= 4 is 17.4 Å². The number of rotatable bonds is 2. The molecule has 2 aliphatic heterocycles. The van der Waals surface area contributed by atoms with Crippen molar-refractivity contribution in [2.75, 3.05) is 13.2 Å². The van der Waals surface area contributed by atoms with Crippen molar-refractivity contribution in [2.24, 2.45) is 0 Å². The lowest BCUT2D eigenvalue weighted by Gasteiger charge is -2.43. The molecule has 1 saturated heterocycles. The number of fused-ring (bicyclic) bond motifs is 4. The van der Waals surface area contributed by atoms with Crippen molar-refractivity contribution < 1.29 is 14.3 Å². The minimum Gasteiger partial charge on any atom is -0.445 e. The van der Waals surface area contributed by atoms with E-state index in [1.807, 2.05) is 40.7 Å². The van der Waals surface area contributed by atoms with E-state index in [0.29, 0.717) is 19.8 Å². The Morgan fingerprint density at radius 1 is 1.36 bits per heavy atom. The quantitative estimate of drug-likeness (QED) is 0.855. The molecule has 1 aromatic carbocycles. The van der Waals surface area contributed by atoms with Gasteiger partial charge >= 0.3 is 6.09 Å². The summed E-state index contributed by atoms with van der Waals surface area (Å²) in [5.41, 5.74) is 3.95. The lowest BCUT2D eigenvalue weighted by atomic mass is 9.97. The van der Waals surface area contributed by atoms with Crippen LogP contribution in [0.1, 0.15) is 22.2 Å². The first kappa shape index (κ1) is 13.7. The molecule has 0 N–H and O–H groups in total. The highest BCUT2D eigenvalue weighted by Crippen LogP contribution is 2.38. The van der Waals surface area contributed by atoms with Crippen molar-refractivity contribution in [1.29, 1.82) is 0 Å². The van der Waals surface area contributed by atoms with Gasteiger partial charge in [-0.2, -0.15) is 0 Å². The van der Waals surface area contributed by atoms with Gasteiger partial charge in [-0.3, -0.25) is 4.90 Å². The highest BCUT2D eigenvalue weighted by atomic mass is 32.1. The fourth-order valence-electron chi connectivity index (χ4n) is 3.09. The molecule has 22 heavy (non-hydrogen) atoms. The Bertz CT molecular complexity index is 673. The number of aromatic nitrogens is 1. The molecule has 6 heteroatoms. The lowest BCUT2D eigenvalue weighted by Crippen LogP contribution is -2.54. The predicted octanol–water partition coefficient (Wildman–Crippen LogP) is 2.78. The van der Waals surface area contributed by atoms with Crippen LogP contribution in [-0.2, 0) is 22.5 Å². The summed E-state index contributed by atoms with van der Waals surface area (Å²) in [6, 6.07) is 9.70. The van der Waals surface area contributed by atoms with Crippen LogP contribution in [0.15, 0.2) is 35.8 Å². The average Bonchev–Trinajstić information content (AvgIpc) is 3.01. The number of nitrogens with zero attached hydrogens (tertiary/aromatic N) is 2. The number of carbonyl (C=O) groups excluding carboxylic acids is 1. The Kier molecular flexibility index (Phi) is 3.56. The van der Waals surface area contributed by atoms with E-state index in [9.17, 15) is 4.79 Å². The molecular formula is C16H16N2O3S. The number of hydrogen-bond acceptors (Lipinski definition) is 5. The molecule has 2 unspecified atom stereocenters. The van der Waals surface area contributed by atoms with Gasteiger partial charge in [-0.05, 0) is 5.56 Å². The number of morpholine rings is 1. The van der Waals surface area contributed by atoms with Gasteiger partial charge in [0.15, 0.2) is 0 Å². The topological polar surface area (TPSA) is 51.7 Å². The van der Waals surface area contributed by atoms with Crippen molar-refractivity contribution in [3.05, 3.63) is 52.0 Å². The summed E-state index contributed by atoms with van der Waals surface area (Å²) in [7, 11) is 0. The summed E-state index contributed by atoms with van der Waals surface area (Å²) in [5.74, 6) is 0. The summed E-state index contributed by atoms with van der Waals surface area (Å²) >= 11 is 1.59. The third kappa shape index (κ3) is 2.38. The SMILES string of the molecule is O=C(OCc1ccccc1)N1C2COCC1c1scnc1C2. The van der Waals surface area contributed by atoms with Crippen LogP contribution < -0.4 is 0 Å². The first-order valence-corrected chi connectivity index (χ1v) is 8.20. The van der Waals surface area contributed by atoms with Gasteiger partial charge in [0.2, 0.25) is 0 Å². The number of thiazole rings is 1. The molecule has 0 spiro atoms. The van der Waals surface area contributed by atoms with Gasteiger partial charge in [0, 0.05) is 6.42 Å². The molecule has 1 amide bonds. The molecule has 0 saturated carbocycles. The Balaban J connectivity index is 1.51. The van der Waals surface area contributed by atoms with E-state index in [-0.39, 0.29) is 18.2 Å². The fourth-order valence-corrected chi connectivity index (χ4v) is 3.99. The zero-order valence-electron chi connectivity index (χ0n) is 12.0. The molecule has 0 aliphatic carbocycles. The number of amides is 1. The van der Waals surface area contributed by atoms with Crippen LogP contribution in [0.2, 0.25) is 0 Å². The molecule has 2 aromatic rings. The van der Waals surface area contributed by atoms with Crippen LogP contribution in [0.25, 0.3) is 0 Å². The second kappa shape index (κ2) is 5.70. The second-order valence-electron chi connectivity index (χ2n) is 5.52. The molecule has 2 aliphatic rings. The number of hydrogen-bond donors (Lipinski definition) is 0. The lowest BCUT2D eigenvalue weighted by molar-refractivity contribution is -0.0525. The summed E-state index contributed by atoms with van der Waals surface area (Å²) in [4.78, 5) is 19.9. The smallest absolute Gasteiger partial charge is 0.411 e. The van der Waals surface area contributed by atoms with Crippen molar-refractivity contribution in [3.63, 3.8) is 0 Å². The molecule has 2 atom stereocenters. The Morgan fingerprint density at radius 2 is 2.23 bits per heavy atom. The van der Waals surface area contributed by atoms with Crippen molar-refractivity contribution in [3.8, 4) is 0 Å². The Hall–Kier alpha value is -1.92. The van der Waals surface area contributed by atoms with Crippen LogP contribution in [0.5, 0.6) is 0 Å². The molecule has 114 valence electrons. The van der Waals surface area contributed by atoms with Gasteiger partial charge in [-0.25, -0.2) is 9.78 Å². The Morgan fingerprint density at radius 3 is 3.09 bits per heavy atom. The molecule has 0 radical (unpaired) electrons. The highest BCUT2D eigenvalue weighted by Gasteiger charge is 2.43. The van der Waals surface area contributed by atoms with Crippen LogP contribution in [0, 0.1) is 0 Å². The third-order valence-electron chi connectivity index (χ3n) is 4.14. The summed E-state index contributed by atoms with van der Waals surface area (Å²) in [6.07, 6.45) is 0.483. The molecule has 1 fully saturated rings. The zero-order chi connectivity index (χ0) is 14.9. The first-order chi connectivity index (χ1) is 10.8. The molecule has 5 nitrogen and oxygen atoms in total. The van der Waals surface area contributed by atoms with E-state index >= 15 is 0 Å². The normalized spacial score (nSPS) is 23.0. The van der Waals surface area contributed by atoms with E-state index in [2.05, 4.69) is 4.98 Å². The third-order valence-corrected chi connectivity index (χ3v) is 5.11. The maximum absolute atomic E-state index is 12.5. The minimum absolute atomic E-state index is 0.0247. The second-order valence-corrected chi connectivity index (χ2v) is 6.41. The van der Waals surface area contributed by atoms with E-state index in [4.69, 9.17) is 9.47 Å². The summed E-state index contributed by atoms with van der Waals surface area (Å²) in [5, 5.41) is 0. The first-order valence-electron chi connectivity index (χ1n) is 7.32. The molecule has 4 rings (SSSR count). The van der Waals surface area contributed by atoms with Gasteiger partial charge in [0.05, 0.1) is 41.4 Å². The van der Waals surface area contributed by atoms with Crippen LogP contribution in [-0.4, -0.2) is 35.2 Å². The van der Waals surface area contributed by atoms with Crippen molar-refractivity contribution in [2.45, 2.75) is 25.1 Å². The highest BCUT2D eigenvalue weighted by molar-refractivity contribution is 7.09. The zero-order valence-corrected chi connectivity index (χ0v) is 12.8. The largest absolute Gasteiger partial charge is 0.445 e. The maximum atomic E-state index is 12.5. The maximum Gasteiger partial charge on any atom is 0.411 e. The standard InChI is InChI=1S/C16H16N2O3S/c19-16(21-7-11-4-2-1-3-5-11)18-12-6-13-15(22-10-17-13)14(18)9-20-8-12/h1-5,10,12,14H,6-9H2. The fraction of sp³-hybridized carbons (Fsp3) is 0.375. The van der Waals surface area contributed by atoms with Crippen LogP contribution in [0.4, 0.5) is 4.79 Å². The minimum atomic E-state index is -0.263. The monoisotopic (exact) mass is 316 g/mol. The van der Waals surface area contributed by atoms with Gasteiger partial charge in [0.1, 0.15) is 6.61 Å². The molecular weight excluding hydrogens is 300 g/mol. The number of ether oxygens (including phenoxy) is 2. The number of benzene rings is 1. The molecule has 3 heterocycles. The van der Waals surface area contributed by atoms with Crippen LogP contribution >= 0.6 is 11.3 Å². The van der Waals surface area contributed by atoms with E-state index in [0.717, 1.165) is 22.6 Å². The van der Waals surface area contributed by atoms with E-state index in [1.165, 1.54) is 0 Å².